The first kappa shape index (κ1) is 16.2. The maximum atomic E-state index is 2.57. The Morgan fingerprint density at radius 3 is 2.21 bits per heavy atom. The van der Waals surface area contributed by atoms with Crippen molar-refractivity contribution in [2.75, 3.05) is 39.3 Å². The second-order valence-corrected chi connectivity index (χ2v) is 5.01. The van der Waals surface area contributed by atoms with Gasteiger partial charge in [0.1, 0.15) is 0 Å². The molecule has 0 unspecified atom stereocenters. The summed E-state index contributed by atoms with van der Waals surface area (Å²) >= 11 is 0. The zero-order valence-electron chi connectivity index (χ0n) is 13.2. The van der Waals surface area contributed by atoms with Crippen LogP contribution in [0.25, 0.3) is 0 Å². The second kappa shape index (κ2) is 9.11. The maximum Gasteiger partial charge on any atom is 0.0231 e. The Morgan fingerprint density at radius 2 is 1.58 bits per heavy atom. The lowest BCUT2D eigenvalue weighted by atomic mass is 10.2. The molecule has 0 N–H and O–H groups in total. The Morgan fingerprint density at radius 1 is 0.947 bits per heavy atom. The van der Waals surface area contributed by atoms with Crippen molar-refractivity contribution in [3.8, 4) is 0 Å². The third-order valence-corrected chi connectivity index (χ3v) is 3.70. The number of nitrogens with zero attached hydrogens (tertiary/aromatic N) is 2. The topological polar surface area (TPSA) is 6.48 Å². The van der Waals surface area contributed by atoms with Crippen LogP contribution >= 0.6 is 0 Å². The molecule has 19 heavy (non-hydrogen) atoms. The van der Waals surface area contributed by atoms with Gasteiger partial charge in [0, 0.05) is 32.7 Å². The van der Waals surface area contributed by atoms with Gasteiger partial charge in [-0.15, -0.1) is 0 Å². The van der Waals surface area contributed by atoms with E-state index in [2.05, 4.69) is 48.0 Å². The average Bonchev–Trinajstić information content (AvgIpc) is 2.67. The van der Waals surface area contributed by atoms with Crippen molar-refractivity contribution in [1.82, 2.24) is 9.80 Å². The van der Waals surface area contributed by atoms with Gasteiger partial charge in [-0.05, 0) is 25.5 Å². The lowest BCUT2D eigenvalue weighted by Crippen LogP contribution is -2.46. The summed E-state index contributed by atoms with van der Waals surface area (Å²) in [5.41, 5.74) is 2.86. The minimum absolute atomic E-state index is 1.09. The fourth-order valence-electron chi connectivity index (χ4n) is 2.41. The van der Waals surface area contributed by atoms with Gasteiger partial charge in [0.15, 0.2) is 0 Å². The lowest BCUT2D eigenvalue weighted by molar-refractivity contribution is 0.146. The number of allylic oxidation sites excluding steroid dienone is 4. The van der Waals surface area contributed by atoms with E-state index in [1.165, 1.54) is 43.9 Å². The molecule has 1 fully saturated rings. The second-order valence-electron chi connectivity index (χ2n) is 5.01. The molecule has 2 rings (SSSR count). The predicted molar refractivity (Wildman–Crippen MR) is 85.5 cm³/mol. The SMILES string of the molecule is CC.CCN1CCN(CC2=CCC=C(C)C=C2)CC1. The van der Waals surface area contributed by atoms with Crippen LogP contribution in [0, 0.1) is 0 Å². The third kappa shape index (κ3) is 5.75. The molecule has 2 heteroatoms. The van der Waals surface area contributed by atoms with Crippen molar-refractivity contribution in [2.45, 2.75) is 34.1 Å². The van der Waals surface area contributed by atoms with E-state index in [1.807, 2.05) is 13.8 Å². The highest BCUT2D eigenvalue weighted by Gasteiger charge is 2.15. The Kier molecular flexibility index (Phi) is 7.76. The van der Waals surface area contributed by atoms with Crippen LogP contribution in [-0.4, -0.2) is 49.1 Å². The van der Waals surface area contributed by atoms with Crippen LogP contribution in [-0.2, 0) is 0 Å². The van der Waals surface area contributed by atoms with Crippen molar-refractivity contribution in [3.63, 3.8) is 0 Å². The Bertz CT molecular complexity index is 331. The molecule has 0 radical (unpaired) electrons. The lowest BCUT2D eigenvalue weighted by Gasteiger charge is -2.34. The van der Waals surface area contributed by atoms with Crippen LogP contribution in [0.4, 0.5) is 0 Å². The molecule has 108 valence electrons. The Labute approximate surface area is 119 Å². The van der Waals surface area contributed by atoms with E-state index in [4.69, 9.17) is 0 Å². The highest BCUT2D eigenvalue weighted by Crippen LogP contribution is 2.12. The molecule has 0 atom stereocenters. The molecule has 1 heterocycles. The largest absolute Gasteiger partial charge is 0.301 e. The zero-order chi connectivity index (χ0) is 14.1. The molecule has 2 aliphatic rings. The summed E-state index contributed by atoms with van der Waals surface area (Å²) in [6, 6.07) is 0. The van der Waals surface area contributed by atoms with Gasteiger partial charge in [0.25, 0.3) is 0 Å². The van der Waals surface area contributed by atoms with Gasteiger partial charge >= 0.3 is 0 Å². The molecule has 0 spiro atoms. The fourth-order valence-corrected chi connectivity index (χ4v) is 2.41. The average molecular weight is 262 g/mol. The Balaban J connectivity index is 0.000000861. The van der Waals surface area contributed by atoms with Crippen LogP contribution in [0.3, 0.4) is 0 Å². The maximum absolute atomic E-state index is 2.57. The summed E-state index contributed by atoms with van der Waals surface area (Å²) in [4.78, 5) is 5.10. The van der Waals surface area contributed by atoms with Crippen LogP contribution in [0.1, 0.15) is 34.1 Å². The first-order valence-corrected chi connectivity index (χ1v) is 7.76. The van der Waals surface area contributed by atoms with Gasteiger partial charge in [0.05, 0.1) is 0 Å². The van der Waals surface area contributed by atoms with Gasteiger partial charge in [0.2, 0.25) is 0 Å². The molecule has 0 saturated carbocycles. The molecule has 0 amide bonds. The van der Waals surface area contributed by atoms with E-state index >= 15 is 0 Å². The van der Waals surface area contributed by atoms with Gasteiger partial charge in [-0.25, -0.2) is 0 Å². The van der Waals surface area contributed by atoms with E-state index in [-0.39, 0.29) is 0 Å². The summed E-state index contributed by atoms with van der Waals surface area (Å²) in [7, 11) is 0. The van der Waals surface area contributed by atoms with E-state index in [0.29, 0.717) is 0 Å². The number of rotatable bonds is 3. The van der Waals surface area contributed by atoms with Crippen LogP contribution in [0.2, 0.25) is 0 Å². The van der Waals surface area contributed by atoms with Gasteiger partial charge in [-0.1, -0.05) is 50.6 Å². The molecule has 1 aliphatic carbocycles. The van der Waals surface area contributed by atoms with Crippen molar-refractivity contribution in [3.05, 3.63) is 35.5 Å². The number of piperazine rings is 1. The first-order valence-electron chi connectivity index (χ1n) is 7.76. The number of likely N-dealkylation sites (N-methyl/N-ethyl adjacent to an activating group) is 1. The molecule has 0 aromatic heterocycles. The standard InChI is InChI=1S/C15H24N2.C2H6/c1-3-16-9-11-17(12-10-16)13-15-6-4-5-14(2)7-8-15;1-2/h5-8H,3-4,9-13H2,1-2H3;1-2H3. The van der Waals surface area contributed by atoms with Gasteiger partial charge in [-0.3, -0.25) is 4.90 Å². The summed E-state index contributed by atoms with van der Waals surface area (Å²) < 4.78 is 0. The minimum atomic E-state index is 1.09. The third-order valence-electron chi connectivity index (χ3n) is 3.70. The minimum Gasteiger partial charge on any atom is -0.301 e. The van der Waals surface area contributed by atoms with E-state index in [9.17, 15) is 0 Å². The summed E-state index contributed by atoms with van der Waals surface area (Å²) in [5, 5.41) is 0. The first-order chi connectivity index (χ1) is 9.28. The van der Waals surface area contributed by atoms with Crippen LogP contribution in [0.15, 0.2) is 35.5 Å². The van der Waals surface area contributed by atoms with Gasteiger partial charge in [-0.2, -0.15) is 0 Å². The van der Waals surface area contributed by atoms with Crippen molar-refractivity contribution < 1.29 is 0 Å². The molecule has 2 nitrogen and oxygen atoms in total. The van der Waals surface area contributed by atoms with E-state index in [0.717, 1.165) is 13.0 Å². The zero-order valence-corrected chi connectivity index (χ0v) is 13.2. The number of hydrogen-bond acceptors (Lipinski definition) is 2. The Hall–Kier alpha value is -0.860. The quantitative estimate of drug-likeness (QED) is 0.768. The molecule has 1 aliphatic heterocycles. The fraction of sp³-hybridized carbons (Fsp3) is 0.647. The highest BCUT2D eigenvalue weighted by atomic mass is 15.3. The molecular weight excluding hydrogens is 232 g/mol. The van der Waals surface area contributed by atoms with Gasteiger partial charge < -0.3 is 4.90 Å². The molecule has 0 bridgehead atoms. The van der Waals surface area contributed by atoms with E-state index < -0.39 is 0 Å². The molecule has 0 aromatic carbocycles. The monoisotopic (exact) mass is 262 g/mol. The molecular formula is C17H30N2. The van der Waals surface area contributed by atoms with E-state index in [1.54, 1.807) is 0 Å². The smallest absolute Gasteiger partial charge is 0.0231 e. The van der Waals surface area contributed by atoms with Crippen LogP contribution < -0.4 is 0 Å². The highest BCUT2D eigenvalue weighted by molar-refractivity contribution is 5.31. The molecule has 0 aromatic rings. The summed E-state index contributed by atoms with van der Waals surface area (Å²) in [5.74, 6) is 0. The summed E-state index contributed by atoms with van der Waals surface area (Å²) in [6.07, 6.45) is 10.3. The van der Waals surface area contributed by atoms with Crippen LogP contribution in [0.5, 0.6) is 0 Å². The van der Waals surface area contributed by atoms with Crippen molar-refractivity contribution in [1.29, 1.82) is 0 Å². The van der Waals surface area contributed by atoms with Crippen molar-refractivity contribution >= 4 is 0 Å². The summed E-state index contributed by atoms with van der Waals surface area (Å²) in [6.45, 7) is 15.6. The van der Waals surface area contributed by atoms with Crippen molar-refractivity contribution in [2.24, 2.45) is 0 Å². The predicted octanol–water partition coefficient (Wildman–Crippen LogP) is 3.48. The molecule has 1 saturated heterocycles. The number of hydrogen-bond donors (Lipinski definition) is 0. The normalized spacial score (nSPS) is 21.1.